The first-order valence-corrected chi connectivity index (χ1v) is 7.18. The summed E-state index contributed by atoms with van der Waals surface area (Å²) in [5.41, 5.74) is 1.18. The Kier molecular flexibility index (Phi) is 5.16. The van der Waals surface area contributed by atoms with Crippen molar-refractivity contribution >= 4 is 11.9 Å². The van der Waals surface area contributed by atoms with Crippen molar-refractivity contribution < 1.29 is 14.7 Å². The van der Waals surface area contributed by atoms with Gasteiger partial charge in [-0.3, -0.25) is 9.59 Å². The third-order valence-corrected chi connectivity index (χ3v) is 3.88. The molecule has 2 rings (SSSR count). The van der Waals surface area contributed by atoms with Crippen LogP contribution in [0.1, 0.15) is 31.2 Å². The number of carboxylic acid groups (broad SMARTS) is 1. The lowest BCUT2D eigenvalue weighted by Gasteiger charge is -2.16. The first-order chi connectivity index (χ1) is 9.65. The van der Waals surface area contributed by atoms with E-state index in [0.29, 0.717) is 18.8 Å². The third-order valence-electron chi connectivity index (χ3n) is 3.88. The van der Waals surface area contributed by atoms with E-state index in [1.165, 1.54) is 5.56 Å². The average Bonchev–Trinajstić information content (AvgIpc) is 2.92. The van der Waals surface area contributed by atoms with Crippen LogP contribution in [0.15, 0.2) is 30.3 Å². The maximum Gasteiger partial charge on any atom is 0.303 e. The SMILES string of the molecule is O=C(O)CCC1CCN(C(=O)CCc2ccccc2)C1. The summed E-state index contributed by atoms with van der Waals surface area (Å²) in [4.78, 5) is 24.5. The standard InChI is InChI=1S/C16H21NO3/c18-15(8-6-13-4-2-1-3-5-13)17-11-10-14(12-17)7-9-16(19)20/h1-5,14H,6-12H2,(H,19,20). The van der Waals surface area contributed by atoms with Crippen molar-refractivity contribution in [2.24, 2.45) is 5.92 Å². The summed E-state index contributed by atoms with van der Waals surface area (Å²) in [5.74, 6) is -0.211. The minimum atomic E-state index is -0.751. The number of aryl methyl sites for hydroxylation is 1. The molecule has 0 aliphatic carbocycles. The Balaban J connectivity index is 1.73. The molecule has 4 nitrogen and oxygen atoms in total. The normalized spacial score (nSPS) is 18.2. The Labute approximate surface area is 119 Å². The average molecular weight is 275 g/mol. The molecule has 1 aromatic carbocycles. The molecule has 1 aliphatic rings. The number of hydrogen-bond acceptors (Lipinski definition) is 2. The van der Waals surface area contributed by atoms with E-state index in [0.717, 1.165) is 25.9 Å². The summed E-state index contributed by atoms with van der Waals surface area (Å²) in [6.07, 6.45) is 3.13. The van der Waals surface area contributed by atoms with Crippen LogP contribution in [0, 0.1) is 5.92 Å². The maximum atomic E-state index is 12.1. The molecule has 1 unspecified atom stereocenters. The van der Waals surface area contributed by atoms with E-state index in [1.807, 2.05) is 35.2 Å². The number of benzene rings is 1. The maximum absolute atomic E-state index is 12.1. The van der Waals surface area contributed by atoms with Crippen molar-refractivity contribution in [3.8, 4) is 0 Å². The number of aliphatic carboxylic acids is 1. The molecule has 0 spiro atoms. The Bertz CT molecular complexity index is 458. The number of carbonyl (C=O) groups excluding carboxylic acids is 1. The molecule has 1 amide bonds. The molecule has 4 heteroatoms. The van der Waals surface area contributed by atoms with Gasteiger partial charge in [0.25, 0.3) is 0 Å². The molecule has 1 saturated heterocycles. The minimum Gasteiger partial charge on any atom is -0.481 e. The van der Waals surface area contributed by atoms with Crippen LogP contribution in [0.3, 0.4) is 0 Å². The minimum absolute atomic E-state index is 0.187. The quantitative estimate of drug-likeness (QED) is 0.867. The van der Waals surface area contributed by atoms with Crippen molar-refractivity contribution in [2.45, 2.75) is 32.1 Å². The fourth-order valence-electron chi connectivity index (χ4n) is 2.68. The molecule has 1 aliphatic heterocycles. The lowest BCUT2D eigenvalue weighted by Crippen LogP contribution is -2.28. The first-order valence-electron chi connectivity index (χ1n) is 7.18. The van der Waals surface area contributed by atoms with Crippen LogP contribution < -0.4 is 0 Å². The number of hydrogen-bond donors (Lipinski definition) is 1. The summed E-state index contributed by atoms with van der Waals surface area (Å²) < 4.78 is 0. The summed E-state index contributed by atoms with van der Waals surface area (Å²) in [6.45, 7) is 1.50. The molecule has 0 saturated carbocycles. The van der Waals surface area contributed by atoms with Gasteiger partial charge in [-0.15, -0.1) is 0 Å². The molecule has 1 N–H and O–H groups in total. The third kappa shape index (κ3) is 4.37. The highest BCUT2D eigenvalue weighted by Crippen LogP contribution is 2.21. The van der Waals surface area contributed by atoms with E-state index in [-0.39, 0.29) is 12.3 Å². The van der Waals surface area contributed by atoms with E-state index < -0.39 is 5.97 Å². The van der Waals surface area contributed by atoms with E-state index in [1.54, 1.807) is 0 Å². The molecule has 0 bridgehead atoms. The van der Waals surface area contributed by atoms with Crippen molar-refractivity contribution in [1.29, 1.82) is 0 Å². The zero-order chi connectivity index (χ0) is 14.4. The van der Waals surface area contributed by atoms with Crippen LogP contribution in [0.4, 0.5) is 0 Å². The van der Waals surface area contributed by atoms with Gasteiger partial charge >= 0.3 is 5.97 Å². The van der Waals surface area contributed by atoms with Crippen LogP contribution in [0.5, 0.6) is 0 Å². The van der Waals surface area contributed by atoms with E-state index in [4.69, 9.17) is 5.11 Å². The van der Waals surface area contributed by atoms with E-state index >= 15 is 0 Å². The summed E-state index contributed by atoms with van der Waals surface area (Å²) in [5, 5.41) is 8.68. The van der Waals surface area contributed by atoms with Crippen LogP contribution in [0.25, 0.3) is 0 Å². The Morgan fingerprint density at radius 1 is 1.20 bits per heavy atom. The molecule has 1 atom stereocenters. The van der Waals surface area contributed by atoms with Gasteiger partial charge in [-0.2, -0.15) is 0 Å². The molecule has 108 valence electrons. The van der Waals surface area contributed by atoms with E-state index in [2.05, 4.69) is 0 Å². The fourth-order valence-corrected chi connectivity index (χ4v) is 2.68. The zero-order valence-electron chi connectivity index (χ0n) is 11.6. The number of carboxylic acids is 1. The lowest BCUT2D eigenvalue weighted by atomic mass is 10.0. The van der Waals surface area contributed by atoms with Gasteiger partial charge in [-0.1, -0.05) is 30.3 Å². The van der Waals surface area contributed by atoms with Crippen LogP contribution in [0.2, 0.25) is 0 Å². The second-order valence-electron chi connectivity index (χ2n) is 5.41. The molecule has 1 aromatic rings. The highest BCUT2D eigenvalue weighted by molar-refractivity contribution is 5.76. The van der Waals surface area contributed by atoms with Gasteiger partial charge in [0.05, 0.1) is 0 Å². The van der Waals surface area contributed by atoms with Gasteiger partial charge in [0, 0.05) is 25.9 Å². The van der Waals surface area contributed by atoms with Crippen LogP contribution in [-0.4, -0.2) is 35.0 Å². The summed E-state index contributed by atoms with van der Waals surface area (Å²) in [7, 11) is 0. The highest BCUT2D eigenvalue weighted by Gasteiger charge is 2.25. The summed E-state index contributed by atoms with van der Waals surface area (Å²) >= 11 is 0. The van der Waals surface area contributed by atoms with E-state index in [9.17, 15) is 9.59 Å². The number of amides is 1. The molecule has 1 fully saturated rings. The van der Waals surface area contributed by atoms with Gasteiger partial charge < -0.3 is 10.0 Å². The molecular weight excluding hydrogens is 254 g/mol. The molecule has 0 radical (unpaired) electrons. The van der Waals surface area contributed by atoms with Crippen molar-refractivity contribution in [3.63, 3.8) is 0 Å². The topological polar surface area (TPSA) is 57.6 Å². The molecular formula is C16H21NO3. The smallest absolute Gasteiger partial charge is 0.303 e. The highest BCUT2D eigenvalue weighted by atomic mass is 16.4. The monoisotopic (exact) mass is 275 g/mol. The number of likely N-dealkylation sites (tertiary alicyclic amines) is 1. The molecule has 1 heterocycles. The van der Waals surface area contributed by atoms with Crippen molar-refractivity contribution in [3.05, 3.63) is 35.9 Å². The number of carbonyl (C=O) groups is 2. The van der Waals surface area contributed by atoms with Crippen molar-refractivity contribution in [2.75, 3.05) is 13.1 Å². The lowest BCUT2D eigenvalue weighted by molar-refractivity contribution is -0.137. The second-order valence-corrected chi connectivity index (χ2v) is 5.41. The van der Waals surface area contributed by atoms with Crippen molar-refractivity contribution in [1.82, 2.24) is 4.90 Å². The Morgan fingerprint density at radius 3 is 2.65 bits per heavy atom. The Morgan fingerprint density at radius 2 is 1.95 bits per heavy atom. The molecule has 20 heavy (non-hydrogen) atoms. The predicted molar refractivity (Wildman–Crippen MR) is 76.3 cm³/mol. The van der Waals surface area contributed by atoms with Gasteiger partial charge in [0.15, 0.2) is 0 Å². The first kappa shape index (κ1) is 14.6. The zero-order valence-corrected chi connectivity index (χ0v) is 11.6. The largest absolute Gasteiger partial charge is 0.481 e. The van der Waals surface area contributed by atoms with Gasteiger partial charge in [-0.05, 0) is 30.7 Å². The number of rotatable bonds is 6. The van der Waals surface area contributed by atoms with Gasteiger partial charge in [0.1, 0.15) is 0 Å². The fraction of sp³-hybridized carbons (Fsp3) is 0.500. The van der Waals surface area contributed by atoms with Gasteiger partial charge in [-0.25, -0.2) is 0 Å². The summed E-state index contributed by atoms with van der Waals surface area (Å²) in [6, 6.07) is 10.0. The van der Waals surface area contributed by atoms with Crippen LogP contribution in [-0.2, 0) is 16.0 Å². The van der Waals surface area contributed by atoms with Gasteiger partial charge in [0.2, 0.25) is 5.91 Å². The second kappa shape index (κ2) is 7.08. The Hall–Kier alpha value is -1.84. The molecule has 0 aromatic heterocycles. The number of nitrogens with zero attached hydrogens (tertiary/aromatic N) is 1. The predicted octanol–water partition coefficient (Wildman–Crippen LogP) is 2.33. The van der Waals surface area contributed by atoms with Crippen LogP contribution >= 0.6 is 0 Å².